The third-order valence-corrected chi connectivity index (χ3v) is 5.27. The summed E-state index contributed by atoms with van der Waals surface area (Å²) >= 11 is 0. The van der Waals surface area contributed by atoms with Crippen LogP contribution in [0, 0.1) is 5.92 Å². The Hall–Kier alpha value is -3.22. The Morgan fingerprint density at radius 1 is 0.967 bits per heavy atom. The molecule has 2 N–H and O–H groups in total. The molecule has 0 saturated carbocycles. The Morgan fingerprint density at radius 2 is 1.70 bits per heavy atom. The summed E-state index contributed by atoms with van der Waals surface area (Å²) in [6, 6.07) is 15.2. The van der Waals surface area contributed by atoms with Crippen LogP contribution in [0.25, 0.3) is 0 Å². The van der Waals surface area contributed by atoms with E-state index in [-0.39, 0.29) is 36.6 Å². The van der Waals surface area contributed by atoms with Crippen molar-refractivity contribution in [3.63, 3.8) is 0 Å². The molecule has 0 spiro atoms. The van der Waals surface area contributed by atoms with Crippen molar-refractivity contribution in [3.8, 4) is 0 Å². The zero-order valence-electron chi connectivity index (χ0n) is 17.0. The molecule has 3 rings (SSSR count). The lowest BCUT2D eigenvalue weighted by molar-refractivity contribution is -0.136. The second-order valence-corrected chi connectivity index (χ2v) is 7.46. The van der Waals surface area contributed by atoms with Gasteiger partial charge in [-0.2, -0.15) is 0 Å². The summed E-state index contributed by atoms with van der Waals surface area (Å²) in [6.07, 6.45) is 3.98. The van der Waals surface area contributed by atoms with E-state index in [1.807, 2.05) is 48.5 Å². The molecule has 0 aliphatic carbocycles. The molecule has 1 aliphatic heterocycles. The summed E-state index contributed by atoms with van der Waals surface area (Å²) in [5, 5.41) is 5.66. The monoisotopic (exact) mass is 408 g/mol. The van der Waals surface area contributed by atoms with Crippen molar-refractivity contribution < 1.29 is 14.4 Å². The van der Waals surface area contributed by atoms with Crippen molar-refractivity contribution in [3.05, 3.63) is 66.0 Å². The largest absolute Gasteiger partial charge is 0.355 e. The van der Waals surface area contributed by atoms with Crippen LogP contribution in [-0.2, 0) is 27.2 Å². The second-order valence-electron chi connectivity index (χ2n) is 7.46. The highest BCUT2D eigenvalue weighted by atomic mass is 16.2. The Labute approximate surface area is 176 Å². The van der Waals surface area contributed by atoms with Crippen molar-refractivity contribution in [2.45, 2.75) is 25.7 Å². The van der Waals surface area contributed by atoms with Gasteiger partial charge >= 0.3 is 0 Å². The van der Waals surface area contributed by atoms with E-state index in [4.69, 9.17) is 0 Å². The molecule has 0 bridgehead atoms. The number of hydrogen-bond acceptors (Lipinski definition) is 4. The van der Waals surface area contributed by atoms with Crippen LogP contribution in [0.15, 0.2) is 54.7 Å². The molecule has 2 heterocycles. The van der Waals surface area contributed by atoms with Gasteiger partial charge in [-0.15, -0.1) is 0 Å². The average molecular weight is 409 g/mol. The summed E-state index contributed by atoms with van der Waals surface area (Å²) in [4.78, 5) is 42.7. The molecule has 7 nitrogen and oxygen atoms in total. The maximum Gasteiger partial charge on any atom is 0.241 e. The maximum absolute atomic E-state index is 12.4. The Kier molecular flexibility index (Phi) is 7.94. The number of pyridine rings is 1. The Balaban J connectivity index is 1.32. The minimum absolute atomic E-state index is 0.00734. The summed E-state index contributed by atoms with van der Waals surface area (Å²) in [7, 11) is 0. The lowest BCUT2D eigenvalue weighted by atomic mass is 9.96. The molecule has 2 aromatic rings. The fraction of sp³-hybridized carbons (Fsp3) is 0.391. The van der Waals surface area contributed by atoms with Gasteiger partial charge in [0.2, 0.25) is 17.7 Å². The van der Waals surface area contributed by atoms with E-state index in [1.54, 1.807) is 11.1 Å². The van der Waals surface area contributed by atoms with Gasteiger partial charge in [0.15, 0.2) is 0 Å². The highest BCUT2D eigenvalue weighted by Gasteiger charge is 2.27. The number of benzene rings is 1. The van der Waals surface area contributed by atoms with Crippen LogP contribution in [0.1, 0.15) is 24.1 Å². The predicted octanol–water partition coefficient (Wildman–Crippen LogP) is 1.34. The lowest BCUT2D eigenvalue weighted by Crippen LogP contribution is -2.46. The van der Waals surface area contributed by atoms with E-state index >= 15 is 0 Å². The second kappa shape index (κ2) is 11.1. The number of rotatable bonds is 8. The molecular weight excluding hydrogens is 380 g/mol. The zero-order chi connectivity index (χ0) is 21.2. The van der Waals surface area contributed by atoms with Crippen LogP contribution in [0.4, 0.5) is 0 Å². The third kappa shape index (κ3) is 6.69. The van der Waals surface area contributed by atoms with Gasteiger partial charge in [0, 0.05) is 43.9 Å². The van der Waals surface area contributed by atoms with Gasteiger partial charge in [-0.25, -0.2) is 0 Å². The van der Waals surface area contributed by atoms with Gasteiger partial charge in [0.1, 0.15) is 0 Å². The molecule has 1 aromatic heterocycles. The zero-order valence-corrected chi connectivity index (χ0v) is 17.0. The van der Waals surface area contributed by atoms with Crippen molar-refractivity contribution in [2.75, 3.05) is 26.2 Å². The number of piperidine rings is 1. The number of carbonyl (C=O) groups is 3. The molecule has 0 atom stereocenters. The first kappa shape index (κ1) is 21.5. The van der Waals surface area contributed by atoms with Crippen LogP contribution >= 0.6 is 0 Å². The third-order valence-electron chi connectivity index (χ3n) is 5.27. The predicted molar refractivity (Wildman–Crippen MR) is 113 cm³/mol. The number of aromatic nitrogens is 1. The molecule has 3 amide bonds. The number of carbonyl (C=O) groups excluding carboxylic acids is 3. The molecule has 7 heteroatoms. The van der Waals surface area contributed by atoms with E-state index in [1.165, 1.54) is 0 Å². The average Bonchev–Trinajstić information content (AvgIpc) is 2.79. The summed E-state index contributed by atoms with van der Waals surface area (Å²) in [5.41, 5.74) is 1.87. The fourth-order valence-electron chi connectivity index (χ4n) is 3.52. The number of likely N-dealkylation sites (tertiary alicyclic amines) is 1. The lowest BCUT2D eigenvalue weighted by Gasteiger charge is -2.31. The topological polar surface area (TPSA) is 91.4 Å². The van der Waals surface area contributed by atoms with Gasteiger partial charge in [-0.05, 0) is 30.5 Å². The molecule has 1 aliphatic rings. The highest BCUT2D eigenvalue weighted by Crippen LogP contribution is 2.17. The SMILES string of the molecule is O=C(Cc1ccccc1)NCC(=O)N1CCC(C(=O)NCCc2ccccn2)CC1. The summed E-state index contributed by atoms with van der Waals surface area (Å²) in [5.74, 6) is -0.318. The van der Waals surface area contributed by atoms with Gasteiger partial charge in [0.25, 0.3) is 0 Å². The van der Waals surface area contributed by atoms with Gasteiger partial charge in [0.05, 0.1) is 13.0 Å². The molecule has 30 heavy (non-hydrogen) atoms. The molecule has 158 valence electrons. The first-order chi connectivity index (χ1) is 14.6. The van der Waals surface area contributed by atoms with E-state index in [2.05, 4.69) is 15.6 Å². The molecule has 0 unspecified atom stereocenters. The molecule has 1 saturated heterocycles. The molecule has 0 radical (unpaired) electrons. The van der Waals surface area contributed by atoms with Gasteiger partial charge in [-0.1, -0.05) is 36.4 Å². The fourth-order valence-corrected chi connectivity index (χ4v) is 3.52. The first-order valence-corrected chi connectivity index (χ1v) is 10.4. The van der Waals surface area contributed by atoms with Crippen molar-refractivity contribution in [1.29, 1.82) is 0 Å². The molecule has 1 fully saturated rings. The summed E-state index contributed by atoms with van der Waals surface area (Å²) < 4.78 is 0. The number of nitrogens with one attached hydrogen (secondary N) is 2. The highest BCUT2D eigenvalue weighted by molar-refractivity contribution is 5.86. The Bertz CT molecular complexity index is 834. The van der Waals surface area contributed by atoms with E-state index < -0.39 is 0 Å². The minimum Gasteiger partial charge on any atom is -0.355 e. The normalized spacial score (nSPS) is 14.2. The molecular formula is C23H28N4O3. The van der Waals surface area contributed by atoms with Crippen LogP contribution in [0.2, 0.25) is 0 Å². The van der Waals surface area contributed by atoms with E-state index in [0.717, 1.165) is 11.3 Å². The van der Waals surface area contributed by atoms with E-state index in [9.17, 15) is 14.4 Å². The van der Waals surface area contributed by atoms with Crippen molar-refractivity contribution in [1.82, 2.24) is 20.5 Å². The minimum atomic E-state index is -0.170. The number of amides is 3. The Morgan fingerprint density at radius 3 is 2.40 bits per heavy atom. The van der Waals surface area contributed by atoms with Gasteiger partial charge < -0.3 is 15.5 Å². The number of nitrogens with zero attached hydrogens (tertiary/aromatic N) is 2. The number of hydrogen-bond donors (Lipinski definition) is 2. The van der Waals surface area contributed by atoms with Crippen LogP contribution in [-0.4, -0.2) is 53.8 Å². The maximum atomic E-state index is 12.4. The first-order valence-electron chi connectivity index (χ1n) is 10.4. The standard InChI is InChI=1S/C23H28N4O3/c28-21(16-18-6-2-1-3-7-18)26-17-22(29)27-14-10-19(11-15-27)23(30)25-13-9-20-8-4-5-12-24-20/h1-8,12,19H,9-11,13-17H2,(H,25,30)(H,26,28). The van der Waals surface area contributed by atoms with Crippen LogP contribution in [0.5, 0.6) is 0 Å². The van der Waals surface area contributed by atoms with Crippen molar-refractivity contribution >= 4 is 17.7 Å². The van der Waals surface area contributed by atoms with Crippen LogP contribution < -0.4 is 10.6 Å². The van der Waals surface area contributed by atoms with Crippen LogP contribution in [0.3, 0.4) is 0 Å². The molecule has 1 aromatic carbocycles. The van der Waals surface area contributed by atoms with Gasteiger partial charge in [-0.3, -0.25) is 19.4 Å². The van der Waals surface area contributed by atoms with E-state index in [0.29, 0.717) is 38.9 Å². The summed E-state index contributed by atoms with van der Waals surface area (Å²) in [6.45, 7) is 1.62. The quantitative estimate of drug-likeness (QED) is 0.690. The van der Waals surface area contributed by atoms with Crippen molar-refractivity contribution in [2.24, 2.45) is 5.92 Å². The smallest absolute Gasteiger partial charge is 0.241 e.